The third-order valence-corrected chi connectivity index (χ3v) is 4.78. The fourth-order valence-electron chi connectivity index (χ4n) is 2.22. The predicted molar refractivity (Wildman–Crippen MR) is 100 cm³/mol. The summed E-state index contributed by atoms with van der Waals surface area (Å²) in [6.07, 6.45) is 0. The van der Waals surface area contributed by atoms with Gasteiger partial charge < -0.3 is 15.5 Å². The van der Waals surface area contributed by atoms with Gasteiger partial charge in [0, 0.05) is 30.0 Å². The summed E-state index contributed by atoms with van der Waals surface area (Å²) in [4.78, 5) is 7.84. The van der Waals surface area contributed by atoms with Crippen molar-refractivity contribution >= 4 is 28.9 Å². The van der Waals surface area contributed by atoms with Gasteiger partial charge in [-0.2, -0.15) is 0 Å². The van der Waals surface area contributed by atoms with Gasteiger partial charge in [-0.05, 0) is 43.2 Å². The van der Waals surface area contributed by atoms with E-state index < -0.39 is 0 Å². The van der Waals surface area contributed by atoms with Crippen molar-refractivity contribution in [2.45, 2.75) is 12.6 Å². The zero-order valence-electron chi connectivity index (χ0n) is 13.7. The Morgan fingerprint density at radius 1 is 1.22 bits per heavy atom. The highest BCUT2D eigenvalue weighted by molar-refractivity contribution is 7.10. The van der Waals surface area contributed by atoms with Gasteiger partial charge in [0.05, 0.1) is 6.04 Å². The van der Waals surface area contributed by atoms with Crippen LogP contribution in [0, 0.1) is 0 Å². The summed E-state index contributed by atoms with van der Waals surface area (Å²) in [6.45, 7) is 1.51. The van der Waals surface area contributed by atoms with Crippen LogP contribution in [-0.2, 0) is 6.54 Å². The molecule has 6 heteroatoms. The monoisotopic (exact) mass is 350 g/mol. The summed E-state index contributed by atoms with van der Waals surface area (Å²) >= 11 is 7.68. The van der Waals surface area contributed by atoms with Gasteiger partial charge in [0.1, 0.15) is 0 Å². The number of guanidine groups is 1. The van der Waals surface area contributed by atoms with Crippen LogP contribution in [0.5, 0.6) is 0 Å². The normalized spacial score (nSPS) is 13.2. The smallest absolute Gasteiger partial charge is 0.191 e. The van der Waals surface area contributed by atoms with Crippen molar-refractivity contribution in [3.63, 3.8) is 0 Å². The number of benzene rings is 1. The lowest BCUT2D eigenvalue weighted by molar-refractivity contribution is 0.302. The maximum atomic E-state index is 5.90. The molecule has 23 heavy (non-hydrogen) atoms. The molecule has 0 bridgehead atoms. The van der Waals surface area contributed by atoms with Crippen LogP contribution < -0.4 is 10.6 Å². The van der Waals surface area contributed by atoms with E-state index in [0.29, 0.717) is 12.6 Å². The molecule has 2 N–H and O–H groups in total. The number of nitrogens with zero attached hydrogens (tertiary/aromatic N) is 2. The Labute approximate surface area is 147 Å². The molecule has 4 nitrogen and oxygen atoms in total. The van der Waals surface area contributed by atoms with Crippen LogP contribution in [0.4, 0.5) is 0 Å². The van der Waals surface area contributed by atoms with Gasteiger partial charge in [0.25, 0.3) is 0 Å². The molecule has 124 valence electrons. The lowest BCUT2D eigenvalue weighted by Crippen LogP contribution is -2.41. The topological polar surface area (TPSA) is 39.7 Å². The fourth-order valence-corrected chi connectivity index (χ4v) is 3.27. The van der Waals surface area contributed by atoms with Crippen molar-refractivity contribution in [1.82, 2.24) is 15.5 Å². The van der Waals surface area contributed by atoms with Gasteiger partial charge in [0.15, 0.2) is 5.96 Å². The van der Waals surface area contributed by atoms with E-state index in [1.807, 2.05) is 24.3 Å². The molecule has 0 aliphatic rings. The first kappa shape index (κ1) is 17.8. The third-order valence-electron chi connectivity index (χ3n) is 3.55. The summed E-state index contributed by atoms with van der Waals surface area (Å²) < 4.78 is 0. The molecule has 0 aliphatic heterocycles. The highest BCUT2D eigenvalue weighted by atomic mass is 35.5. The number of thiophene rings is 1. The number of halogens is 1. The van der Waals surface area contributed by atoms with Crippen LogP contribution >= 0.6 is 22.9 Å². The maximum absolute atomic E-state index is 5.90. The van der Waals surface area contributed by atoms with Crippen LogP contribution in [0.1, 0.15) is 16.5 Å². The van der Waals surface area contributed by atoms with Crippen molar-refractivity contribution in [3.05, 3.63) is 57.2 Å². The molecular weight excluding hydrogens is 328 g/mol. The summed E-state index contributed by atoms with van der Waals surface area (Å²) in [5, 5.41) is 9.59. The van der Waals surface area contributed by atoms with Gasteiger partial charge in [-0.25, -0.2) is 0 Å². The molecule has 0 saturated heterocycles. The second-order valence-electron chi connectivity index (χ2n) is 5.43. The molecule has 1 unspecified atom stereocenters. The highest BCUT2D eigenvalue weighted by Crippen LogP contribution is 2.22. The van der Waals surface area contributed by atoms with E-state index in [1.54, 1.807) is 18.4 Å². The Balaban J connectivity index is 1.88. The van der Waals surface area contributed by atoms with Crippen LogP contribution in [0.2, 0.25) is 5.02 Å². The van der Waals surface area contributed by atoms with Crippen molar-refractivity contribution in [1.29, 1.82) is 0 Å². The van der Waals surface area contributed by atoms with Crippen LogP contribution in [0.25, 0.3) is 0 Å². The van der Waals surface area contributed by atoms with Crippen molar-refractivity contribution in [2.75, 3.05) is 27.7 Å². The maximum Gasteiger partial charge on any atom is 0.191 e. The second kappa shape index (κ2) is 8.91. The minimum atomic E-state index is 0.323. The van der Waals surface area contributed by atoms with Gasteiger partial charge in [0.2, 0.25) is 0 Å². The Hall–Kier alpha value is -1.56. The summed E-state index contributed by atoms with van der Waals surface area (Å²) in [7, 11) is 5.97. The van der Waals surface area contributed by atoms with E-state index in [4.69, 9.17) is 11.6 Å². The molecule has 2 rings (SSSR count). The standard InChI is InChI=1S/C17H23ClN4S/c1-19-17(20-11-13-6-8-14(18)9-7-13)21-12-15(22(2)3)16-5-4-10-23-16/h4-10,15H,11-12H2,1-3H3,(H2,19,20,21). The van der Waals surface area contributed by atoms with Crippen LogP contribution in [-0.4, -0.2) is 38.5 Å². The Bertz CT molecular complexity index is 608. The lowest BCUT2D eigenvalue weighted by Gasteiger charge is -2.24. The molecule has 1 atom stereocenters. The highest BCUT2D eigenvalue weighted by Gasteiger charge is 2.15. The molecule has 2 aromatic rings. The van der Waals surface area contributed by atoms with E-state index in [1.165, 1.54) is 10.4 Å². The first-order valence-corrected chi connectivity index (χ1v) is 8.74. The number of aliphatic imine (C=N–C) groups is 1. The molecular formula is C17H23ClN4S. The Kier molecular flexibility index (Phi) is 6.89. The second-order valence-corrected chi connectivity index (χ2v) is 6.84. The zero-order chi connectivity index (χ0) is 16.7. The number of hydrogen-bond donors (Lipinski definition) is 2. The number of rotatable bonds is 6. The summed E-state index contributed by atoms with van der Waals surface area (Å²) in [5.74, 6) is 0.795. The van der Waals surface area contributed by atoms with E-state index in [-0.39, 0.29) is 0 Å². The van der Waals surface area contributed by atoms with Crippen LogP contribution in [0.3, 0.4) is 0 Å². The van der Waals surface area contributed by atoms with E-state index >= 15 is 0 Å². The van der Waals surface area contributed by atoms with Gasteiger partial charge in [-0.3, -0.25) is 4.99 Å². The molecule has 1 aromatic carbocycles. The molecule has 0 aliphatic carbocycles. The average Bonchev–Trinajstić information content (AvgIpc) is 3.06. The Morgan fingerprint density at radius 3 is 2.52 bits per heavy atom. The molecule has 1 heterocycles. The lowest BCUT2D eigenvalue weighted by atomic mass is 10.2. The summed E-state index contributed by atoms with van der Waals surface area (Å²) in [5.41, 5.74) is 1.17. The van der Waals surface area contributed by atoms with Gasteiger partial charge in [-0.15, -0.1) is 11.3 Å². The fraction of sp³-hybridized carbons (Fsp3) is 0.353. The van der Waals surface area contributed by atoms with Gasteiger partial charge >= 0.3 is 0 Å². The first-order chi connectivity index (χ1) is 11.1. The van der Waals surface area contributed by atoms with Crippen molar-refractivity contribution in [3.8, 4) is 0 Å². The van der Waals surface area contributed by atoms with E-state index in [9.17, 15) is 0 Å². The molecule has 0 amide bonds. The average molecular weight is 351 g/mol. The first-order valence-electron chi connectivity index (χ1n) is 7.49. The van der Waals surface area contributed by atoms with E-state index in [2.05, 4.69) is 52.1 Å². The molecule has 0 spiro atoms. The summed E-state index contributed by atoms with van der Waals surface area (Å²) in [6, 6.07) is 12.4. The molecule has 0 fully saturated rings. The predicted octanol–water partition coefficient (Wildman–Crippen LogP) is 3.37. The zero-order valence-corrected chi connectivity index (χ0v) is 15.3. The molecule has 0 saturated carbocycles. The van der Waals surface area contributed by atoms with Crippen molar-refractivity contribution in [2.24, 2.45) is 4.99 Å². The minimum absolute atomic E-state index is 0.323. The molecule has 0 radical (unpaired) electrons. The number of nitrogens with one attached hydrogen (secondary N) is 2. The van der Waals surface area contributed by atoms with E-state index in [0.717, 1.165) is 17.5 Å². The van der Waals surface area contributed by atoms with Gasteiger partial charge in [-0.1, -0.05) is 29.8 Å². The number of hydrogen-bond acceptors (Lipinski definition) is 3. The quantitative estimate of drug-likeness (QED) is 0.620. The largest absolute Gasteiger partial charge is 0.354 e. The third kappa shape index (κ3) is 5.53. The van der Waals surface area contributed by atoms with Crippen molar-refractivity contribution < 1.29 is 0 Å². The van der Waals surface area contributed by atoms with Crippen LogP contribution in [0.15, 0.2) is 46.8 Å². The molecule has 1 aromatic heterocycles. The Morgan fingerprint density at radius 2 is 1.96 bits per heavy atom. The minimum Gasteiger partial charge on any atom is -0.354 e. The number of likely N-dealkylation sites (N-methyl/N-ethyl adjacent to an activating group) is 1. The SMILES string of the molecule is CN=C(NCc1ccc(Cl)cc1)NCC(c1cccs1)N(C)C.